The van der Waals surface area contributed by atoms with E-state index in [1.807, 2.05) is 0 Å². The highest BCUT2D eigenvalue weighted by Gasteiger charge is 2.36. The van der Waals surface area contributed by atoms with Crippen LogP contribution < -0.4 is 4.74 Å². The van der Waals surface area contributed by atoms with Crippen LogP contribution in [0.15, 0.2) is 40.2 Å². The van der Waals surface area contributed by atoms with E-state index in [0.29, 0.717) is 16.8 Å². The minimum atomic E-state index is -0.613. The average molecular weight is 426 g/mol. The number of rotatable bonds is 7. The largest absolute Gasteiger partial charge is 0.488 e. The first-order valence-corrected chi connectivity index (χ1v) is 9.01. The number of imide groups is 1. The minimum absolute atomic E-state index is 0.194. The standard InChI is InChI=1S/C17H16BrNO5S/c1-3-7-24-13-6-5-11(8-12(13)18)9-14-16(21)19(17(22)25-14)10-15(20)23-4-2/h3,5-6,8-9H,1,4,7,10H2,2H3/b14-9+. The van der Waals surface area contributed by atoms with Crippen molar-refractivity contribution in [1.29, 1.82) is 0 Å². The molecular formula is C17H16BrNO5S. The maximum absolute atomic E-state index is 12.3. The van der Waals surface area contributed by atoms with Gasteiger partial charge in [0, 0.05) is 0 Å². The van der Waals surface area contributed by atoms with Gasteiger partial charge in [0.25, 0.3) is 11.1 Å². The molecule has 0 N–H and O–H groups in total. The van der Waals surface area contributed by atoms with Crippen molar-refractivity contribution in [3.8, 4) is 5.75 Å². The van der Waals surface area contributed by atoms with Crippen molar-refractivity contribution in [2.75, 3.05) is 19.8 Å². The molecular weight excluding hydrogens is 410 g/mol. The van der Waals surface area contributed by atoms with Gasteiger partial charge in [-0.05, 0) is 58.4 Å². The van der Waals surface area contributed by atoms with Gasteiger partial charge in [0.2, 0.25) is 0 Å². The Hall–Kier alpha value is -2.06. The molecule has 6 nitrogen and oxygen atoms in total. The number of benzene rings is 1. The fraction of sp³-hybridized carbons (Fsp3) is 0.235. The second-order valence-corrected chi connectivity index (χ2v) is 6.71. The van der Waals surface area contributed by atoms with Crippen LogP contribution in [-0.4, -0.2) is 41.8 Å². The van der Waals surface area contributed by atoms with Gasteiger partial charge < -0.3 is 9.47 Å². The van der Waals surface area contributed by atoms with Gasteiger partial charge in [0.1, 0.15) is 18.9 Å². The van der Waals surface area contributed by atoms with E-state index in [1.165, 1.54) is 0 Å². The van der Waals surface area contributed by atoms with Crippen LogP contribution in [-0.2, 0) is 14.3 Å². The van der Waals surface area contributed by atoms with E-state index in [4.69, 9.17) is 9.47 Å². The predicted molar refractivity (Wildman–Crippen MR) is 99.1 cm³/mol. The van der Waals surface area contributed by atoms with Crippen LogP contribution in [0, 0.1) is 0 Å². The molecule has 0 saturated carbocycles. The number of carbonyl (C=O) groups is 3. The van der Waals surface area contributed by atoms with Crippen molar-refractivity contribution < 1.29 is 23.9 Å². The first-order valence-electron chi connectivity index (χ1n) is 7.40. The van der Waals surface area contributed by atoms with E-state index >= 15 is 0 Å². The van der Waals surface area contributed by atoms with Crippen molar-refractivity contribution >= 4 is 50.9 Å². The van der Waals surface area contributed by atoms with Crippen LogP contribution in [0.1, 0.15) is 12.5 Å². The molecule has 0 aliphatic carbocycles. The number of nitrogens with zero attached hydrogens (tertiary/aromatic N) is 1. The zero-order valence-electron chi connectivity index (χ0n) is 13.5. The lowest BCUT2D eigenvalue weighted by Gasteiger charge is -2.10. The third kappa shape index (κ3) is 4.96. The molecule has 1 aliphatic rings. The second-order valence-electron chi connectivity index (χ2n) is 4.86. The van der Waals surface area contributed by atoms with Gasteiger partial charge >= 0.3 is 5.97 Å². The number of hydrogen-bond acceptors (Lipinski definition) is 6. The van der Waals surface area contributed by atoms with Crippen molar-refractivity contribution in [3.63, 3.8) is 0 Å². The van der Waals surface area contributed by atoms with Gasteiger partial charge in [-0.1, -0.05) is 18.7 Å². The summed E-state index contributed by atoms with van der Waals surface area (Å²) < 4.78 is 11.0. The summed E-state index contributed by atoms with van der Waals surface area (Å²) in [5.41, 5.74) is 0.722. The first-order chi connectivity index (χ1) is 12.0. The summed E-state index contributed by atoms with van der Waals surface area (Å²) in [6.07, 6.45) is 3.23. The van der Waals surface area contributed by atoms with Crippen molar-refractivity contribution in [1.82, 2.24) is 4.90 Å². The summed E-state index contributed by atoms with van der Waals surface area (Å²) in [6.45, 7) is 5.44. The van der Waals surface area contributed by atoms with Crippen LogP contribution in [0.25, 0.3) is 6.08 Å². The third-order valence-corrected chi connectivity index (χ3v) is 4.60. The van der Waals surface area contributed by atoms with Crippen LogP contribution in [0.2, 0.25) is 0 Å². The molecule has 0 bridgehead atoms. The van der Waals surface area contributed by atoms with Crippen molar-refractivity contribution in [3.05, 3.63) is 45.8 Å². The lowest BCUT2D eigenvalue weighted by Crippen LogP contribution is -2.34. The number of carbonyl (C=O) groups excluding carboxylic acids is 3. The number of hydrogen-bond donors (Lipinski definition) is 0. The number of ether oxygens (including phenoxy) is 2. The van der Waals surface area contributed by atoms with Gasteiger partial charge in [-0.2, -0.15) is 0 Å². The molecule has 1 aromatic rings. The fourth-order valence-corrected chi connectivity index (χ4v) is 3.35. The number of halogens is 1. The molecule has 2 rings (SSSR count). The summed E-state index contributed by atoms with van der Waals surface area (Å²) in [5, 5.41) is -0.491. The molecule has 25 heavy (non-hydrogen) atoms. The highest BCUT2D eigenvalue weighted by Crippen LogP contribution is 2.33. The summed E-state index contributed by atoms with van der Waals surface area (Å²) in [4.78, 5) is 36.9. The summed E-state index contributed by atoms with van der Waals surface area (Å²) in [7, 11) is 0. The molecule has 0 unspecified atom stereocenters. The molecule has 2 amide bonds. The normalized spacial score (nSPS) is 15.6. The monoisotopic (exact) mass is 425 g/mol. The van der Waals surface area contributed by atoms with Crippen molar-refractivity contribution in [2.45, 2.75) is 6.92 Å². The van der Waals surface area contributed by atoms with Crippen LogP contribution in [0.4, 0.5) is 4.79 Å². The highest BCUT2D eigenvalue weighted by molar-refractivity contribution is 9.10. The van der Waals surface area contributed by atoms with Crippen molar-refractivity contribution in [2.24, 2.45) is 0 Å². The van der Waals surface area contributed by atoms with E-state index in [-0.39, 0.29) is 18.1 Å². The van der Waals surface area contributed by atoms with Gasteiger partial charge in [0.05, 0.1) is 16.0 Å². The van der Waals surface area contributed by atoms with Gasteiger partial charge in [0.15, 0.2) is 0 Å². The third-order valence-electron chi connectivity index (χ3n) is 3.08. The second kappa shape index (κ2) is 8.87. The van der Waals surface area contributed by atoms with Gasteiger partial charge in [-0.25, -0.2) is 0 Å². The summed E-state index contributed by atoms with van der Waals surface area (Å²) in [6, 6.07) is 5.29. The molecule has 0 spiro atoms. The maximum atomic E-state index is 12.3. The Kier molecular flexibility index (Phi) is 6.83. The molecule has 0 atom stereocenters. The van der Waals surface area contributed by atoms with E-state index < -0.39 is 17.1 Å². The smallest absolute Gasteiger partial charge is 0.326 e. The molecule has 1 fully saturated rings. The SMILES string of the molecule is C=CCOc1ccc(/C=C2/SC(=O)N(CC(=O)OCC)C2=O)cc1Br. The predicted octanol–water partition coefficient (Wildman–Crippen LogP) is 3.61. The Morgan fingerprint density at radius 1 is 1.40 bits per heavy atom. The Morgan fingerprint density at radius 2 is 2.16 bits per heavy atom. The topological polar surface area (TPSA) is 72.9 Å². The van der Waals surface area contributed by atoms with Crippen LogP contribution in [0.3, 0.4) is 0 Å². The lowest BCUT2D eigenvalue weighted by molar-refractivity contribution is -0.145. The molecule has 0 radical (unpaired) electrons. The molecule has 8 heteroatoms. The molecule has 0 aromatic heterocycles. The number of thioether (sulfide) groups is 1. The highest BCUT2D eigenvalue weighted by atomic mass is 79.9. The zero-order valence-corrected chi connectivity index (χ0v) is 15.9. The van der Waals surface area contributed by atoms with Gasteiger partial charge in [-0.15, -0.1) is 0 Å². The Morgan fingerprint density at radius 3 is 2.80 bits per heavy atom. The fourth-order valence-electron chi connectivity index (χ4n) is 2.00. The van der Waals surface area contributed by atoms with E-state index in [1.54, 1.807) is 37.3 Å². The lowest BCUT2D eigenvalue weighted by atomic mass is 10.2. The Balaban J connectivity index is 2.14. The molecule has 1 heterocycles. The maximum Gasteiger partial charge on any atom is 0.326 e. The Labute approximate surface area is 158 Å². The molecule has 1 saturated heterocycles. The quantitative estimate of drug-likeness (QED) is 0.377. The Bertz CT molecular complexity index is 747. The van der Waals surface area contributed by atoms with Gasteiger partial charge in [-0.3, -0.25) is 19.3 Å². The van der Waals surface area contributed by atoms with E-state index in [0.717, 1.165) is 22.2 Å². The molecule has 132 valence electrons. The zero-order chi connectivity index (χ0) is 18.4. The van der Waals surface area contributed by atoms with E-state index in [2.05, 4.69) is 22.5 Å². The summed E-state index contributed by atoms with van der Waals surface area (Å²) >= 11 is 4.19. The molecule has 1 aromatic carbocycles. The van der Waals surface area contributed by atoms with Crippen LogP contribution in [0.5, 0.6) is 5.75 Å². The number of amides is 2. The van der Waals surface area contributed by atoms with Crippen LogP contribution >= 0.6 is 27.7 Å². The molecule has 1 aliphatic heterocycles. The summed E-state index contributed by atoms with van der Waals surface area (Å²) in [5.74, 6) is -0.476. The first kappa shape index (κ1) is 19.3. The minimum Gasteiger partial charge on any atom is -0.488 e. The number of esters is 1. The average Bonchev–Trinajstić information content (AvgIpc) is 2.82. The van der Waals surface area contributed by atoms with E-state index in [9.17, 15) is 14.4 Å².